The van der Waals surface area contributed by atoms with E-state index < -0.39 is 0 Å². The largest absolute Gasteiger partial charge is 0.504 e. The zero-order valence-electron chi connectivity index (χ0n) is 11.9. The Morgan fingerprint density at radius 1 is 1.23 bits per heavy atom. The number of rotatable bonds is 3. The normalized spacial score (nSPS) is 10.2. The van der Waals surface area contributed by atoms with Crippen LogP contribution in [0.4, 0.5) is 11.4 Å². The Morgan fingerprint density at radius 2 is 2.00 bits per heavy atom. The van der Waals surface area contributed by atoms with Crippen LogP contribution < -0.4 is 10.1 Å². The number of nitrogens with one attached hydrogen (secondary N) is 1. The van der Waals surface area contributed by atoms with Gasteiger partial charge in [-0.05, 0) is 18.2 Å². The monoisotopic (exact) mass is 291 g/mol. The molecule has 0 unspecified atom stereocenters. The Bertz CT molecular complexity index is 870. The molecule has 1 heterocycles. The molecule has 2 aromatic carbocycles. The Kier molecular flexibility index (Phi) is 3.50. The average Bonchev–Trinajstić information content (AvgIpc) is 2.56. The summed E-state index contributed by atoms with van der Waals surface area (Å²) in [6, 6.07) is 14.8. The minimum Gasteiger partial charge on any atom is -0.504 e. The predicted octanol–water partition coefficient (Wildman–Crippen LogP) is 3.56. The zero-order chi connectivity index (χ0) is 15.5. The van der Waals surface area contributed by atoms with Crippen molar-refractivity contribution in [2.24, 2.45) is 0 Å². The highest BCUT2D eigenvalue weighted by molar-refractivity contribution is 5.97. The van der Waals surface area contributed by atoms with Crippen LogP contribution in [0.1, 0.15) is 5.56 Å². The number of methoxy groups -OCH3 is 1. The summed E-state index contributed by atoms with van der Waals surface area (Å²) in [7, 11) is 1.48. The fourth-order valence-electron chi connectivity index (χ4n) is 2.26. The van der Waals surface area contributed by atoms with E-state index in [2.05, 4.69) is 16.4 Å². The molecular formula is C17H13N3O2. The van der Waals surface area contributed by atoms with Crippen molar-refractivity contribution in [3.05, 3.63) is 54.2 Å². The van der Waals surface area contributed by atoms with Crippen LogP contribution in [0, 0.1) is 11.3 Å². The van der Waals surface area contributed by atoms with Crippen LogP contribution in [0.5, 0.6) is 11.5 Å². The summed E-state index contributed by atoms with van der Waals surface area (Å²) in [6.07, 6.45) is 1.50. The molecule has 2 N–H and O–H groups in total. The maximum absolute atomic E-state index is 10.00. The molecule has 0 fully saturated rings. The van der Waals surface area contributed by atoms with Gasteiger partial charge in [-0.3, -0.25) is 4.98 Å². The van der Waals surface area contributed by atoms with E-state index >= 15 is 0 Å². The Labute approximate surface area is 127 Å². The zero-order valence-corrected chi connectivity index (χ0v) is 11.9. The number of anilines is 2. The molecule has 0 aliphatic heterocycles. The maximum atomic E-state index is 10.00. The third kappa shape index (κ3) is 2.38. The average molecular weight is 291 g/mol. The van der Waals surface area contributed by atoms with E-state index in [1.807, 2.05) is 30.3 Å². The lowest BCUT2D eigenvalue weighted by atomic mass is 10.1. The summed E-state index contributed by atoms with van der Waals surface area (Å²) in [5, 5.41) is 23.2. The van der Waals surface area contributed by atoms with Gasteiger partial charge in [0.15, 0.2) is 11.5 Å². The molecule has 5 heteroatoms. The van der Waals surface area contributed by atoms with Crippen molar-refractivity contribution >= 4 is 22.3 Å². The van der Waals surface area contributed by atoms with Crippen LogP contribution in [0.2, 0.25) is 0 Å². The van der Waals surface area contributed by atoms with E-state index in [1.54, 1.807) is 12.1 Å². The number of phenolic OH excluding ortho intramolecular Hbond substituents is 1. The number of hydrogen-bond acceptors (Lipinski definition) is 5. The number of ether oxygens (including phenoxy) is 1. The highest BCUT2D eigenvalue weighted by Gasteiger charge is 2.13. The molecule has 0 radical (unpaired) electrons. The summed E-state index contributed by atoms with van der Waals surface area (Å²) < 4.78 is 5.09. The lowest BCUT2D eigenvalue weighted by Crippen LogP contribution is -1.97. The molecule has 0 amide bonds. The van der Waals surface area contributed by atoms with Gasteiger partial charge in [0.25, 0.3) is 0 Å². The van der Waals surface area contributed by atoms with Crippen LogP contribution in [0.3, 0.4) is 0 Å². The molecule has 0 spiro atoms. The molecule has 0 bridgehead atoms. The van der Waals surface area contributed by atoms with Gasteiger partial charge in [0.05, 0.1) is 23.9 Å². The minimum absolute atomic E-state index is 0.00278. The topological polar surface area (TPSA) is 78.2 Å². The molecule has 3 rings (SSSR count). The molecule has 5 nitrogen and oxygen atoms in total. The summed E-state index contributed by atoms with van der Waals surface area (Å²) in [6.45, 7) is 0. The number of fused-ring (bicyclic) bond motifs is 1. The molecule has 0 aliphatic carbocycles. The number of nitrogens with zero attached hydrogens (tertiary/aromatic N) is 2. The Hall–Kier alpha value is -3.26. The van der Waals surface area contributed by atoms with Crippen molar-refractivity contribution in [3.8, 4) is 17.6 Å². The third-order valence-corrected chi connectivity index (χ3v) is 3.33. The first kappa shape index (κ1) is 13.7. The van der Waals surface area contributed by atoms with Gasteiger partial charge in [0.1, 0.15) is 6.07 Å². The van der Waals surface area contributed by atoms with E-state index in [9.17, 15) is 10.4 Å². The quantitative estimate of drug-likeness (QED) is 0.771. The van der Waals surface area contributed by atoms with Crippen LogP contribution >= 0.6 is 0 Å². The van der Waals surface area contributed by atoms with Gasteiger partial charge in [-0.1, -0.05) is 18.2 Å². The fourth-order valence-corrected chi connectivity index (χ4v) is 2.26. The van der Waals surface area contributed by atoms with Gasteiger partial charge in [-0.25, -0.2) is 0 Å². The second-order valence-corrected chi connectivity index (χ2v) is 4.69. The summed E-state index contributed by atoms with van der Waals surface area (Å²) in [4.78, 5) is 4.25. The molecule has 0 aliphatic rings. The number of aromatic hydroxyl groups is 1. The Morgan fingerprint density at radius 3 is 2.68 bits per heavy atom. The van der Waals surface area contributed by atoms with Crippen molar-refractivity contribution in [2.45, 2.75) is 0 Å². The highest BCUT2D eigenvalue weighted by Crippen LogP contribution is 2.36. The molecule has 0 atom stereocenters. The number of pyridine rings is 1. The van der Waals surface area contributed by atoms with Gasteiger partial charge in [-0.15, -0.1) is 0 Å². The van der Waals surface area contributed by atoms with E-state index in [0.29, 0.717) is 27.9 Å². The molecule has 0 saturated heterocycles. The van der Waals surface area contributed by atoms with Crippen molar-refractivity contribution < 1.29 is 9.84 Å². The lowest BCUT2D eigenvalue weighted by Gasteiger charge is -2.13. The Balaban J connectivity index is 2.22. The first-order valence-corrected chi connectivity index (χ1v) is 6.65. The number of aromatic nitrogens is 1. The smallest absolute Gasteiger partial charge is 0.162 e. The first-order valence-electron chi connectivity index (χ1n) is 6.65. The third-order valence-electron chi connectivity index (χ3n) is 3.33. The van der Waals surface area contributed by atoms with Crippen LogP contribution in [-0.2, 0) is 0 Å². The highest BCUT2D eigenvalue weighted by atomic mass is 16.5. The standard InChI is InChI=1S/C17H13N3O2/c1-22-16-8-14-13(7-15(16)21)17(11(9-18)10-19-14)20-12-5-3-2-4-6-12/h2-8,10,21H,1H3,(H,19,20). The van der Waals surface area contributed by atoms with Gasteiger partial charge in [0, 0.05) is 23.3 Å². The second-order valence-electron chi connectivity index (χ2n) is 4.69. The first-order chi connectivity index (χ1) is 10.7. The summed E-state index contributed by atoms with van der Waals surface area (Å²) in [5.41, 5.74) is 2.49. The fraction of sp³-hybridized carbons (Fsp3) is 0.0588. The van der Waals surface area contributed by atoms with Crippen molar-refractivity contribution in [1.82, 2.24) is 4.98 Å². The van der Waals surface area contributed by atoms with Crippen molar-refractivity contribution in [2.75, 3.05) is 12.4 Å². The van der Waals surface area contributed by atoms with Gasteiger partial charge < -0.3 is 15.2 Å². The second kappa shape index (κ2) is 5.62. The van der Waals surface area contributed by atoms with Gasteiger partial charge in [-0.2, -0.15) is 5.26 Å². The van der Waals surface area contributed by atoms with E-state index in [0.717, 1.165) is 5.69 Å². The molecular weight excluding hydrogens is 278 g/mol. The van der Waals surface area contributed by atoms with Crippen molar-refractivity contribution in [3.63, 3.8) is 0 Å². The minimum atomic E-state index is 0.00278. The molecule has 3 aromatic rings. The van der Waals surface area contributed by atoms with E-state index in [4.69, 9.17) is 4.74 Å². The maximum Gasteiger partial charge on any atom is 0.162 e. The summed E-state index contributed by atoms with van der Waals surface area (Å²) in [5.74, 6) is 0.346. The number of phenols is 1. The molecule has 0 saturated carbocycles. The molecule has 1 aromatic heterocycles. The summed E-state index contributed by atoms with van der Waals surface area (Å²) >= 11 is 0. The van der Waals surface area contributed by atoms with E-state index in [-0.39, 0.29) is 5.75 Å². The van der Waals surface area contributed by atoms with Gasteiger partial charge >= 0.3 is 0 Å². The number of nitriles is 1. The SMILES string of the molecule is COc1cc2ncc(C#N)c(Nc3ccccc3)c2cc1O. The molecule has 108 valence electrons. The lowest BCUT2D eigenvalue weighted by molar-refractivity contribution is 0.374. The van der Waals surface area contributed by atoms with Crippen molar-refractivity contribution in [1.29, 1.82) is 5.26 Å². The predicted molar refractivity (Wildman–Crippen MR) is 84.4 cm³/mol. The molecule has 22 heavy (non-hydrogen) atoms. The number of hydrogen-bond donors (Lipinski definition) is 2. The number of benzene rings is 2. The van der Waals surface area contributed by atoms with E-state index in [1.165, 1.54) is 13.3 Å². The number of para-hydroxylation sites is 1. The van der Waals surface area contributed by atoms with Gasteiger partial charge in [0.2, 0.25) is 0 Å². The van der Waals surface area contributed by atoms with Crippen LogP contribution in [0.15, 0.2) is 48.7 Å². The van der Waals surface area contributed by atoms with Crippen LogP contribution in [-0.4, -0.2) is 17.2 Å². The van der Waals surface area contributed by atoms with Crippen LogP contribution in [0.25, 0.3) is 10.9 Å².